The van der Waals surface area contributed by atoms with Crippen LogP contribution in [0.5, 0.6) is 0 Å². The molecule has 0 aromatic carbocycles. The number of alkyl halides is 1. The normalized spacial score (nSPS) is 25.0. The first kappa shape index (κ1) is 33.3. The molecule has 0 spiro atoms. The summed E-state index contributed by atoms with van der Waals surface area (Å²) in [5, 5.41) is 10.7. The Morgan fingerprint density at radius 2 is 1.67 bits per heavy atom. The van der Waals surface area contributed by atoms with Crippen LogP contribution in [0.15, 0.2) is 0 Å². The Bertz CT molecular complexity index is 754. The molecule has 0 aromatic rings. The summed E-state index contributed by atoms with van der Waals surface area (Å²) in [5.74, 6) is -0.855. The summed E-state index contributed by atoms with van der Waals surface area (Å²) < 4.78 is 45.3. The van der Waals surface area contributed by atoms with E-state index < -0.39 is 48.9 Å². The van der Waals surface area contributed by atoms with E-state index in [9.17, 15) is 19.3 Å². The number of halogens is 1. The van der Waals surface area contributed by atoms with E-state index in [0.29, 0.717) is 19.3 Å². The molecule has 36 heavy (non-hydrogen) atoms. The molecule has 2 unspecified atom stereocenters. The number of hydrogen-bond acceptors (Lipinski definition) is 10. The maximum absolute atomic E-state index is 13.3. The van der Waals surface area contributed by atoms with Crippen LogP contribution in [-0.4, -0.2) is 68.4 Å². The van der Waals surface area contributed by atoms with Crippen LogP contribution in [0.3, 0.4) is 0 Å². The van der Waals surface area contributed by atoms with Crippen molar-refractivity contribution in [1.29, 1.82) is 0 Å². The van der Waals surface area contributed by atoms with E-state index in [-0.39, 0.29) is 44.8 Å². The van der Waals surface area contributed by atoms with Gasteiger partial charge in [-0.2, -0.15) is 0 Å². The van der Waals surface area contributed by atoms with Crippen LogP contribution in [-0.2, 0) is 41.9 Å². The van der Waals surface area contributed by atoms with Gasteiger partial charge >= 0.3 is 19.8 Å². The maximum atomic E-state index is 13.3. The molecule has 0 amide bonds. The van der Waals surface area contributed by atoms with Crippen molar-refractivity contribution in [2.75, 3.05) is 39.1 Å². The summed E-state index contributed by atoms with van der Waals surface area (Å²) in [7, 11) is -4.22. The lowest BCUT2D eigenvalue weighted by Gasteiger charge is -2.34. The Morgan fingerprint density at radius 1 is 1.03 bits per heavy atom. The van der Waals surface area contributed by atoms with Crippen molar-refractivity contribution in [2.45, 2.75) is 86.4 Å². The molecular weight excluding hydrogens is 515 g/mol. The number of hydrogen-bond donors (Lipinski definition) is 1. The van der Waals surface area contributed by atoms with Gasteiger partial charge in [-0.15, -0.1) is 11.6 Å². The van der Waals surface area contributed by atoms with Gasteiger partial charge < -0.3 is 19.3 Å². The smallest absolute Gasteiger partial charge is 0.463 e. The van der Waals surface area contributed by atoms with Gasteiger partial charge in [0, 0.05) is 11.3 Å². The number of aliphatic hydroxyl groups is 1. The fraction of sp³-hybridized carbons (Fsp3) is 0.917. The molecule has 0 radical (unpaired) electrons. The molecule has 1 rings (SSSR count). The molecule has 1 saturated heterocycles. The van der Waals surface area contributed by atoms with Crippen LogP contribution < -0.4 is 0 Å². The van der Waals surface area contributed by atoms with Gasteiger partial charge in [0.1, 0.15) is 6.61 Å². The van der Waals surface area contributed by atoms with Gasteiger partial charge in [-0.25, -0.2) is 9.09 Å². The zero-order valence-corrected chi connectivity index (χ0v) is 24.3. The van der Waals surface area contributed by atoms with Gasteiger partial charge in [0.25, 0.3) is 0 Å². The molecule has 4 atom stereocenters. The highest BCUT2D eigenvalue weighted by atomic mass is 35.5. The van der Waals surface area contributed by atoms with E-state index in [1.165, 1.54) is 0 Å². The molecular formula is C24H44ClO10P. The van der Waals surface area contributed by atoms with Gasteiger partial charge in [-0.1, -0.05) is 6.92 Å². The number of aliphatic hydroxyl groups excluding tert-OH is 1. The van der Waals surface area contributed by atoms with Gasteiger partial charge in [0.05, 0.1) is 42.9 Å². The third-order valence-corrected chi connectivity index (χ3v) is 8.29. The number of carbonyl (C=O) groups excluding carboxylic acids is 2. The summed E-state index contributed by atoms with van der Waals surface area (Å²) in [6.07, 6.45) is 1.24. The van der Waals surface area contributed by atoms with Crippen molar-refractivity contribution in [1.82, 2.24) is 0 Å². The van der Waals surface area contributed by atoms with Crippen LogP contribution in [0.2, 0.25) is 0 Å². The molecule has 1 fully saturated rings. The lowest BCUT2D eigenvalue weighted by molar-refractivity contribution is -0.162. The molecule has 1 heterocycles. The van der Waals surface area contributed by atoms with Crippen molar-refractivity contribution in [3.63, 3.8) is 0 Å². The van der Waals surface area contributed by atoms with Crippen molar-refractivity contribution in [2.24, 2.45) is 16.2 Å². The standard InChI is InChI=1S/C24H44ClO10P/c1-8-23(6,7)21(28)32-17-35-36(29,34-14-13-30-20(27)22(3,4)5)33-12-11-24(15-25)16-31-18(2)9-10-19(24)26/h18-19,26H,8-17H2,1-7H3/t18?,19-,24+,36?/m0/s1. The van der Waals surface area contributed by atoms with Gasteiger partial charge in [-0.05, 0) is 67.2 Å². The summed E-state index contributed by atoms with van der Waals surface area (Å²) >= 11 is 6.21. The minimum atomic E-state index is -4.22. The molecule has 212 valence electrons. The second-order valence-electron chi connectivity index (χ2n) is 10.9. The molecule has 0 aromatic heterocycles. The first-order valence-corrected chi connectivity index (χ1v) is 14.3. The number of phosphoric acid groups is 1. The number of carbonyl (C=O) groups is 2. The van der Waals surface area contributed by atoms with E-state index in [1.807, 2.05) is 13.8 Å². The summed E-state index contributed by atoms with van der Waals surface area (Å²) in [6.45, 7) is 11.3. The predicted molar refractivity (Wildman–Crippen MR) is 134 cm³/mol. The summed E-state index contributed by atoms with van der Waals surface area (Å²) in [4.78, 5) is 24.2. The highest BCUT2D eigenvalue weighted by molar-refractivity contribution is 7.48. The van der Waals surface area contributed by atoms with Crippen molar-refractivity contribution in [3.8, 4) is 0 Å². The van der Waals surface area contributed by atoms with Gasteiger partial charge in [-0.3, -0.25) is 18.6 Å². The van der Waals surface area contributed by atoms with Crippen LogP contribution in [0.25, 0.3) is 0 Å². The minimum Gasteiger partial charge on any atom is -0.463 e. The third-order valence-electron chi connectivity index (χ3n) is 6.34. The molecule has 0 bridgehead atoms. The van der Waals surface area contributed by atoms with Gasteiger partial charge in [0.2, 0.25) is 6.79 Å². The monoisotopic (exact) mass is 558 g/mol. The third kappa shape index (κ3) is 10.6. The Hall–Kier alpha value is -0.740. The minimum absolute atomic E-state index is 0.0127. The second-order valence-corrected chi connectivity index (χ2v) is 12.8. The zero-order chi connectivity index (χ0) is 27.6. The SMILES string of the molecule is CCC(C)(C)C(=O)OCOP(=O)(OCCOC(=O)C(C)(C)C)OCC[C@@]1(CCl)COC(C)CC[C@@H]1O. The molecule has 1 aliphatic heterocycles. The van der Waals surface area contributed by atoms with Crippen LogP contribution in [0.4, 0.5) is 0 Å². The molecule has 10 nitrogen and oxygen atoms in total. The fourth-order valence-corrected chi connectivity index (χ4v) is 4.48. The van der Waals surface area contributed by atoms with Gasteiger partial charge in [0.15, 0.2) is 0 Å². The molecule has 12 heteroatoms. The Balaban J connectivity index is 2.79. The molecule has 0 saturated carbocycles. The molecule has 0 aliphatic carbocycles. The average Bonchev–Trinajstić information content (AvgIpc) is 2.95. The number of rotatable bonds is 14. The summed E-state index contributed by atoms with van der Waals surface area (Å²) in [5.41, 5.74) is -2.24. The maximum Gasteiger partial charge on any atom is 0.477 e. The molecule has 1 aliphatic rings. The van der Waals surface area contributed by atoms with Crippen LogP contribution in [0.1, 0.15) is 74.1 Å². The van der Waals surface area contributed by atoms with E-state index in [2.05, 4.69) is 0 Å². The predicted octanol–water partition coefficient (Wildman–Crippen LogP) is 4.85. The average molecular weight is 559 g/mol. The van der Waals surface area contributed by atoms with Crippen molar-refractivity contribution >= 4 is 31.4 Å². The van der Waals surface area contributed by atoms with Crippen molar-refractivity contribution < 1.29 is 47.0 Å². The van der Waals surface area contributed by atoms with Crippen LogP contribution >= 0.6 is 19.4 Å². The Labute approximate surface area is 220 Å². The van der Waals surface area contributed by atoms with E-state index in [4.69, 9.17) is 39.4 Å². The first-order chi connectivity index (χ1) is 16.6. The zero-order valence-electron chi connectivity index (χ0n) is 22.7. The van der Waals surface area contributed by atoms with Crippen molar-refractivity contribution in [3.05, 3.63) is 0 Å². The largest absolute Gasteiger partial charge is 0.477 e. The Kier molecular flexibility index (Phi) is 13.3. The lowest BCUT2D eigenvalue weighted by Crippen LogP contribution is -2.41. The summed E-state index contributed by atoms with van der Waals surface area (Å²) in [6, 6.07) is 0. The van der Waals surface area contributed by atoms with E-state index >= 15 is 0 Å². The fourth-order valence-electron chi connectivity index (χ4n) is 3.08. The number of esters is 2. The van der Waals surface area contributed by atoms with E-state index in [1.54, 1.807) is 34.6 Å². The number of ether oxygens (including phenoxy) is 3. The Morgan fingerprint density at radius 3 is 2.25 bits per heavy atom. The quantitative estimate of drug-likeness (QED) is 0.104. The molecule has 1 N–H and O–H groups in total. The second kappa shape index (κ2) is 14.4. The first-order valence-electron chi connectivity index (χ1n) is 12.3. The van der Waals surface area contributed by atoms with E-state index in [0.717, 1.165) is 0 Å². The topological polar surface area (TPSA) is 127 Å². The highest BCUT2D eigenvalue weighted by Gasteiger charge is 2.41. The van der Waals surface area contributed by atoms with Crippen LogP contribution in [0, 0.1) is 16.2 Å². The highest BCUT2D eigenvalue weighted by Crippen LogP contribution is 2.50. The lowest BCUT2D eigenvalue weighted by atomic mass is 9.80. The number of phosphoric ester groups is 1.